The van der Waals surface area contributed by atoms with Gasteiger partial charge in [0, 0.05) is 10.7 Å². The maximum Gasteiger partial charge on any atom is 0.338 e. The van der Waals surface area contributed by atoms with E-state index in [1.807, 2.05) is 30.3 Å². The third-order valence-electron chi connectivity index (χ3n) is 3.31. The minimum absolute atomic E-state index is 0.0945. The van der Waals surface area contributed by atoms with Gasteiger partial charge < -0.3 is 14.8 Å². The zero-order chi connectivity index (χ0) is 18.9. The van der Waals surface area contributed by atoms with Crippen LogP contribution in [0.2, 0.25) is 0 Å². The number of rotatable bonds is 6. The first kappa shape index (κ1) is 19.0. The second kappa shape index (κ2) is 9.26. The van der Waals surface area contributed by atoms with Crippen LogP contribution in [0.25, 0.3) is 0 Å². The Bertz CT molecular complexity index is 896. The topological polar surface area (TPSA) is 95.1 Å². The molecule has 0 aromatic heterocycles. The molecule has 0 fully saturated rings. The summed E-state index contributed by atoms with van der Waals surface area (Å²) >= 11 is 3.37. The van der Waals surface area contributed by atoms with Crippen LogP contribution in [0.1, 0.15) is 15.9 Å². The zero-order valence-corrected chi connectivity index (χ0v) is 15.4. The van der Waals surface area contributed by atoms with E-state index in [1.165, 1.54) is 19.4 Å². The Hall–Kier alpha value is -3.29. The molecule has 6 nitrogen and oxygen atoms in total. The van der Waals surface area contributed by atoms with Gasteiger partial charge in [-0.1, -0.05) is 30.3 Å². The van der Waals surface area contributed by atoms with Crippen LogP contribution in [0.4, 0.5) is 5.69 Å². The van der Waals surface area contributed by atoms with Crippen LogP contribution in [-0.2, 0) is 11.3 Å². The Morgan fingerprint density at radius 2 is 1.92 bits per heavy atom. The fourth-order valence-electron chi connectivity index (χ4n) is 2.04. The molecule has 0 saturated carbocycles. The Morgan fingerprint density at radius 3 is 2.54 bits per heavy atom. The number of carbonyl (C=O) groups is 1. The number of methoxy groups -OCH3 is 1. The van der Waals surface area contributed by atoms with Crippen LogP contribution in [0.5, 0.6) is 5.75 Å². The van der Waals surface area contributed by atoms with E-state index in [9.17, 15) is 4.79 Å². The van der Waals surface area contributed by atoms with Gasteiger partial charge in [-0.15, -0.1) is 0 Å². The van der Waals surface area contributed by atoms with Gasteiger partial charge in [0.1, 0.15) is 30.1 Å². The number of nitrogens with one attached hydrogen (secondary N) is 1. The van der Waals surface area contributed by atoms with Crippen molar-refractivity contribution in [3.8, 4) is 17.9 Å². The number of esters is 1. The number of hydrogen-bond donors (Lipinski definition) is 1. The van der Waals surface area contributed by atoms with Crippen molar-refractivity contribution in [3.63, 3.8) is 0 Å². The molecule has 0 heterocycles. The number of nitriles is 2. The lowest BCUT2D eigenvalue weighted by atomic mass is 10.2. The van der Waals surface area contributed by atoms with Crippen molar-refractivity contribution in [3.05, 3.63) is 69.8 Å². The molecule has 1 N–H and O–H groups in total. The first-order chi connectivity index (χ1) is 12.6. The number of nitrogens with zero attached hydrogens (tertiary/aromatic N) is 2. The summed E-state index contributed by atoms with van der Waals surface area (Å²) in [6.45, 7) is 0.277. The number of anilines is 1. The number of benzene rings is 2. The first-order valence-electron chi connectivity index (χ1n) is 7.44. The standard InChI is InChI=1S/C19H14BrN3O3/c1-25-19(24)15-7-16(20)18(23-11-14(9-21)10-22)17(8-15)26-12-13-5-3-2-4-6-13/h2-8,11,23H,12H2,1H3. The molecule has 2 rings (SSSR count). The maximum atomic E-state index is 11.8. The second-order valence-electron chi connectivity index (χ2n) is 5.02. The van der Waals surface area contributed by atoms with E-state index in [0.29, 0.717) is 21.5 Å². The van der Waals surface area contributed by atoms with Gasteiger partial charge in [0.05, 0.1) is 18.4 Å². The van der Waals surface area contributed by atoms with Crippen LogP contribution < -0.4 is 10.1 Å². The molecule has 7 heteroatoms. The van der Waals surface area contributed by atoms with Gasteiger partial charge in [-0.25, -0.2) is 4.79 Å². The van der Waals surface area contributed by atoms with Gasteiger partial charge in [-0.2, -0.15) is 10.5 Å². The van der Waals surface area contributed by atoms with Crippen molar-refractivity contribution >= 4 is 27.6 Å². The summed E-state index contributed by atoms with van der Waals surface area (Å²) in [6.07, 6.45) is 1.27. The largest absolute Gasteiger partial charge is 0.487 e. The van der Waals surface area contributed by atoms with Crippen molar-refractivity contribution in [2.75, 3.05) is 12.4 Å². The fourth-order valence-corrected chi connectivity index (χ4v) is 2.60. The van der Waals surface area contributed by atoms with Crippen molar-refractivity contribution in [1.29, 1.82) is 10.5 Å². The number of allylic oxidation sites excluding steroid dienone is 1. The Morgan fingerprint density at radius 1 is 1.23 bits per heavy atom. The lowest BCUT2D eigenvalue weighted by Gasteiger charge is -2.15. The summed E-state index contributed by atoms with van der Waals surface area (Å²) in [5, 5.41) is 20.6. The van der Waals surface area contributed by atoms with Gasteiger partial charge in [-0.3, -0.25) is 0 Å². The Balaban J connectivity index is 2.38. The average Bonchev–Trinajstić information content (AvgIpc) is 2.68. The molecular weight excluding hydrogens is 398 g/mol. The van der Waals surface area contributed by atoms with Crippen molar-refractivity contribution in [1.82, 2.24) is 0 Å². The summed E-state index contributed by atoms with van der Waals surface area (Å²) in [5.74, 6) is -0.137. The molecule has 2 aromatic carbocycles. The molecule has 0 aliphatic carbocycles. The van der Waals surface area contributed by atoms with Crippen molar-refractivity contribution < 1.29 is 14.3 Å². The van der Waals surface area contributed by atoms with Crippen LogP contribution in [0.3, 0.4) is 0 Å². The smallest absolute Gasteiger partial charge is 0.338 e. The molecule has 26 heavy (non-hydrogen) atoms. The van der Waals surface area contributed by atoms with E-state index in [-0.39, 0.29) is 12.2 Å². The number of halogens is 1. The first-order valence-corrected chi connectivity index (χ1v) is 8.23. The molecule has 0 radical (unpaired) electrons. The molecule has 130 valence electrons. The minimum atomic E-state index is -0.507. The molecule has 0 aliphatic rings. The van der Waals surface area contributed by atoms with Crippen LogP contribution >= 0.6 is 15.9 Å². The summed E-state index contributed by atoms with van der Waals surface area (Å²) in [5.41, 5.74) is 1.64. The monoisotopic (exact) mass is 411 g/mol. The van der Waals surface area contributed by atoms with E-state index in [0.717, 1.165) is 5.56 Å². The average molecular weight is 412 g/mol. The highest BCUT2D eigenvalue weighted by Crippen LogP contribution is 2.35. The molecule has 2 aromatic rings. The molecule has 0 bridgehead atoms. The van der Waals surface area contributed by atoms with E-state index >= 15 is 0 Å². The quantitative estimate of drug-likeness (QED) is 0.566. The Labute approximate surface area is 159 Å². The van der Waals surface area contributed by atoms with Crippen LogP contribution in [-0.4, -0.2) is 13.1 Å². The zero-order valence-electron chi connectivity index (χ0n) is 13.8. The van der Waals surface area contributed by atoms with Crippen molar-refractivity contribution in [2.45, 2.75) is 6.61 Å². The van der Waals surface area contributed by atoms with Crippen LogP contribution in [0, 0.1) is 22.7 Å². The maximum absolute atomic E-state index is 11.8. The van der Waals surface area contributed by atoms with Gasteiger partial charge in [-0.05, 0) is 33.6 Å². The fraction of sp³-hybridized carbons (Fsp3) is 0.105. The lowest BCUT2D eigenvalue weighted by molar-refractivity contribution is 0.0600. The molecule has 0 spiro atoms. The molecule has 0 saturated heterocycles. The van der Waals surface area contributed by atoms with Gasteiger partial charge in [0.2, 0.25) is 0 Å². The predicted molar refractivity (Wildman–Crippen MR) is 99.2 cm³/mol. The number of hydrogen-bond acceptors (Lipinski definition) is 6. The van der Waals surface area contributed by atoms with E-state index in [2.05, 4.69) is 21.2 Å². The molecule has 0 amide bonds. The number of carbonyl (C=O) groups excluding carboxylic acids is 1. The number of ether oxygens (including phenoxy) is 2. The summed E-state index contributed by atoms with van der Waals surface area (Å²) in [4.78, 5) is 11.8. The van der Waals surface area contributed by atoms with Gasteiger partial charge in [0.15, 0.2) is 0 Å². The molecule has 0 unspecified atom stereocenters. The summed E-state index contributed by atoms with van der Waals surface area (Å²) in [6, 6.07) is 16.2. The molecule has 0 atom stereocenters. The highest BCUT2D eigenvalue weighted by Gasteiger charge is 2.15. The van der Waals surface area contributed by atoms with E-state index < -0.39 is 5.97 Å². The van der Waals surface area contributed by atoms with Gasteiger partial charge in [0.25, 0.3) is 0 Å². The van der Waals surface area contributed by atoms with Crippen molar-refractivity contribution in [2.24, 2.45) is 0 Å². The molecule has 0 aliphatic heterocycles. The Kier molecular flexibility index (Phi) is 6.78. The third-order valence-corrected chi connectivity index (χ3v) is 3.94. The summed E-state index contributed by atoms with van der Waals surface area (Å²) in [7, 11) is 1.29. The van der Waals surface area contributed by atoms with E-state index in [4.69, 9.17) is 20.0 Å². The normalized spacial score (nSPS) is 9.38. The predicted octanol–water partition coefficient (Wildman–Crippen LogP) is 4.16. The third kappa shape index (κ3) is 4.85. The highest BCUT2D eigenvalue weighted by molar-refractivity contribution is 9.10. The highest BCUT2D eigenvalue weighted by atomic mass is 79.9. The minimum Gasteiger partial charge on any atom is -0.487 e. The molecular formula is C19H14BrN3O3. The van der Waals surface area contributed by atoms with E-state index in [1.54, 1.807) is 18.2 Å². The SMILES string of the molecule is COC(=O)c1cc(Br)c(NC=C(C#N)C#N)c(OCc2ccccc2)c1. The lowest BCUT2D eigenvalue weighted by Crippen LogP contribution is -2.05. The second-order valence-corrected chi connectivity index (χ2v) is 5.88. The van der Waals surface area contributed by atoms with Crippen LogP contribution in [0.15, 0.2) is 58.7 Å². The summed E-state index contributed by atoms with van der Waals surface area (Å²) < 4.78 is 11.1. The van der Waals surface area contributed by atoms with Gasteiger partial charge >= 0.3 is 5.97 Å².